The molecule has 0 aromatic heterocycles. The predicted octanol–water partition coefficient (Wildman–Crippen LogP) is 5.57. The molecule has 0 aliphatic heterocycles. The first-order chi connectivity index (χ1) is 14.7. The van der Waals surface area contributed by atoms with E-state index in [2.05, 4.69) is 10.6 Å². The lowest BCUT2D eigenvalue weighted by atomic mass is 10.1. The number of carbonyl (C=O) groups excluding carboxylic acids is 2. The number of anilines is 2. The number of hydrogen-bond donors (Lipinski definition) is 2. The highest BCUT2D eigenvalue weighted by atomic mass is 16.6. The third kappa shape index (κ3) is 6.83. The molecule has 0 saturated carbocycles. The molecule has 0 atom stereocenters. The molecular weight excluding hydrogens is 380 g/mol. The van der Waals surface area contributed by atoms with Crippen LogP contribution in [0.4, 0.5) is 21.0 Å². The highest BCUT2D eigenvalue weighted by Gasteiger charge is 2.08. The van der Waals surface area contributed by atoms with Gasteiger partial charge in [0.1, 0.15) is 13.2 Å². The highest BCUT2D eigenvalue weighted by Crippen LogP contribution is 2.15. The summed E-state index contributed by atoms with van der Waals surface area (Å²) < 4.78 is 10.6. The van der Waals surface area contributed by atoms with E-state index in [-0.39, 0.29) is 13.2 Å². The van der Waals surface area contributed by atoms with E-state index in [1.807, 2.05) is 66.7 Å². The second-order valence-electron chi connectivity index (χ2n) is 6.25. The summed E-state index contributed by atoms with van der Waals surface area (Å²) in [5, 5.41) is 5.31. The Balaban J connectivity index is 1.57. The Morgan fingerprint density at radius 2 is 1.13 bits per heavy atom. The van der Waals surface area contributed by atoms with Crippen molar-refractivity contribution in [2.75, 3.05) is 23.8 Å². The van der Waals surface area contributed by atoms with Gasteiger partial charge in [-0.25, -0.2) is 9.59 Å². The minimum atomic E-state index is -0.564. The van der Waals surface area contributed by atoms with Crippen molar-refractivity contribution in [3.8, 4) is 0 Å². The van der Waals surface area contributed by atoms with Gasteiger partial charge in [0.05, 0.1) is 0 Å². The van der Waals surface area contributed by atoms with Crippen LogP contribution in [0.2, 0.25) is 0 Å². The van der Waals surface area contributed by atoms with Gasteiger partial charge in [-0.2, -0.15) is 0 Å². The van der Waals surface area contributed by atoms with E-state index < -0.39 is 12.2 Å². The zero-order valence-corrected chi connectivity index (χ0v) is 16.3. The normalized spacial score (nSPS) is 10.7. The van der Waals surface area contributed by atoms with Crippen LogP contribution in [0, 0.1) is 0 Å². The molecule has 3 aromatic carbocycles. The number of rotatable bonds is 7. The molecule has 0 bridgehead atoms. The number of nitrogens with one attached hydrogen (secondary N) is 2. The van der Waals surface area contributed by atoms with Gasteiger partial charge in [-0.3, -0.25) is 10.6 Å². The van der Waals surface area contributed by atoms with Crippen LogP contribution in [0.15, 0.2) is 97.1 Å². The molecule has 0 aliphatic rings. The van der Waals surface area contributed by atoms with Crippen molar-refractivity contribution < 1.29 is 19.1 Å². The number of para-hydroxylation sites is 2. The molecule has 6 heteroatoms. The van der Waals surface area contributed by atoms with E-state index in [4.69, 9.17) is 9.47 Å². The van der Waals surface area contributed by atoms with Gasteiger partial charge in [-0.05, 0) is 41.5 Å². The van der Waals surface area contributed by atoms with Crippen LogP contribution in [0.25, 0.3) is 5.57 Å². The largest absolute Gasteiger partial charge is 0.445 e. The fraction of sp³-hybridized carbons (Fsp3) is 0.0833. The number of hydrogen-bond acceptors (Lipinski definition) is 4. The highest BCUT2D eigenvalue weighted by molar-refractivity contribution is 5.86. The predicted molar refractivity (Wildman–Crippen MR) is 117 cm³/mol. The maximum atomic E-state index is 12.1. The van der Waals surface area contributed by atoms with Crippen LogP contribution in [-0.4, -0.2) is 25.4 Å². The average Bonchev–Trinajstić information content (AvgIpc) is 2.78. The quantitative estimate of drug-likeness (QED) is 0.542. The number of benzene rings is 3. The minimum absolute atomic E-state index is 0.0341. The maximum absolute atomic E-state index is 12.1. The first-order valence-electron chi connectivity index (χ1n) is 9.43. The molecule has 2 N–H and O–H groups in total. The zero-order valence-electron chi connectivity index (χ0n) is 16.3. The molecule has 0 unspecified atom stereocenters. The molecule has 3 aromatic rings. The summed E-state index contributed by atoms with van der Waals surface area (Å²) in [7, 11) is 0. The molecule has 6 nitrogen and oxygen atoms in total. The molecule has 0 aliphatic carbocycles. The Hall–Kier alpha value is -4.06. The van der Waals surface area contributed by atoms with E-state index in [1.54, 1.807) is 30.3 Å². The Morgan fingerprint density at radius 1 is 0.667 bits per heavy atom. The Labute approximate surface area is 175 Å². The molecular formula is C24H22N2O4. The van der Waals surface area contributed by atoms with Crippen molar-refractivity contribution in [3.05, 3.63) is 103 Å². The van der Waals surface area contributed by atoms with Crippen LogP contribution in [0.3, 0.4) is 0 Å². The van der Waals surface area contributed by atoms with Crippen molar-refractivity contribution >= 4 is 29.1 Å². The van der Waals surface area contributed by atoms with Gasteiger partial charge < -0.3 is 9.47 Å². The van der Waals surface area contributed by atoms with Crippen LogP contribution < -0.4 is 10.6 Å². The summed E-state index contributed by atoms with van der Waals surface area (Å²) in [6.07, 6.45) is 0.591. The van der Waals surface area contributed by atoms with Crippen molar-refractivity contribution in [1.29, 1.82) is 0 Å². The first-order valence-corrected chi connectivity index (χ1v) is 9.43. The van der Waals surface area contributed by atoms with Crippen LogP contribution >= 0.6 is 0 Å². The number of amides is 2. The lowest BCUT2D eigenvalue weighted by Gasteiger charge is -2.11. The lowest BCUT2D eigenvalue weighted by Crippen LogP contribution is -2.16. The van der Waals surface area contributed by atoms with Gasteiger partial charge in [-0.1, -0.05) is 66.7 Å². The summed E-state index contributed by atoms with van der Waals surface area (Å²) in [5.74, 6) is 0. The maximum Gasteiger partial charge on any atom is 0.411 e. The Bertz CT molecular complexity index is 974. The number of ether oxygens (including phenoxy) is 2. The van der Waals surface area contributed by atoms with Gasteiger partial charge in [0.2, 0.25) is 0 Å². The smallest absolute Gasteiger partial charge is 0.411 e. The standard InChI is InChI=1S/C24H22N2O4/c27-23(25-21-12-6-2-7-13-21)29-17-16-20(19-10-4-1-5-11-19)18-30-24(28)26-22-14-8-3-9-15-22/h1-16H,17-18H2,(H,25,27)(H,26,28)/b20-16-. The molecule has 2 amide bonds. The summed E-state index contributed by atoms with van der Waals surface area (Å²) in [5.41, 5.74) is 2.90. The van der Waals surface area contributed by atoms with Crippen molar-refractivity contribution in [2.45, 2.75) is 0 Å². The molecule has 0 fully saturated rings. The zero-order chi connectivity index (χ0) is 21.0. The van der Waals surface area contributed by atoms with E-state index in [9.17, 15) is 9.59 Å². The van der Waals surface area contributed by atoms with Crippen molar-refractivity contribution in [1.82, 2.24) is 0 Å². The van der Waals surface area contributed by atoms with Crippen molar-refractivity contribution in [2.24, 2.45) is 0 Å². The summed E-state index contributed by atoms with van der Waals surface area (Å²) >= 11 is 0. The van der Waals surface area contributed by atoms with E-state index >= 15 is 0 Å². The van der Waals surface area contributed by atoms with Crippen molar-refractivity contribution in [3.63, 3.8) is 0 Å². The molecule has 3 rings (SSSR count). The molecule has 30 heavy (non-hydrogen) atoms. The van der Waals surface area contributed by atoms with E-state index in [1.165, 1.54) is 0 Å². The molecule has 0 radical (unpaired) electrons. The third-order valence-corrected chi connectivity index (χ3v) is 4.09. The van der Waals surface area contributed by atoms with Crippen LogP contribution in [0.5, 0.6) is 0 Å². The second-order valence-corrected chi connectivity index (χ2v) is 6.25. The topological polar surface area (TPSA) is 76.7 Å². The molecule has 0 spiro atoms. The van der Waals surface area contributed by atoms with Gasteiger partial charge >= 0.3 is 12.2 Å². The molecule has 0 heterocycles. The Morgan fingerprint density at radius 3 is 1.67 bits per heavy atom. The van der Waals surface area contributed by atoms with Crippen LogP contribution in [-0.2, 0) is 9.47 Å². The summed E-state index contributed by atoms with van der Waals surface area (Å²) in [4.78, 5) is 24.0. The number of carbonyl (C=O) groups is 2. The van der Waals surface area contributed by atoms with E-state index in [0.29, 0.717) is 11.4 Å². The summed E-state index contributed by atoms with van der Waals surface area (Å²) in [6.45, 7) is 0.0684. The fourth-order valence-electron chi connectivity index (χ4n) is 2.62. The monoisotopic (exact) mass is 402 g/mol. The Kier molecular flexibility index (Phi) is 7.62. The minimum Gasteiger partial charge on any atom is -0.445 e. The summed E-state index contributed by atoms with van der Waals surface area (Å²) in [6, 6.07) is 27.6. The van der Waals surface area contributed by atoms with Gasteiger partial charge in [0, 0.05) is 11.4 Å². The first kappa shape index (κ1) is 20.7. The third-order valence-electron chi connectivity index (χ3n) is 4.09. The fourth-order valence-corrected chi connectivity index (χ4v) is 2.62. The average molecular weight is 402 g/mol. The molecule has 152 valence electrons. The van der Waals surface area contributed by atoms with Gasteiger partial charge in [0.15, 0.2) is 0 Å². The van der Waals surface area contributed by atoms with E-state index in [0.717, 1.165) is 11.1 Å². The molecule has 0 saturated heterocycles. The lowest BCUT2D eigenvalue weighted by molar-refractivity contribution is 0.171. The van der Waals surface area contributed by atoms with Gasteiger partial charge in [0.25, 0.3) is 0 Å². The van der Waals surface area contributed by atoms with Gasteiger partial charge in [-0.15, -0.1) is 0 Å². The SMILES string of the molecule is O=C(Nc1ccccc1)OC/C=C(/COC(=O)Nc1ccccc1)c1ccccc1. The van der Waals surface area contributed by atoms with Crippen LogP contribution in [0.1, 0.15) is 5.56 Å². The second kappa shape index (κ2) is 11.1.